The summed E-state index contributed by atoms with van der Waals surface area (Å²) >= 11 is 0. The van der Waals surface area contributed by atoms with Crippen molar-refractivity contribution in [1.82, 2.24) is 15.1 Å². The van der Waals surface area contributed by atoms with Crippen LogP contribution in [0.3, 0.4) is 0 Å². The molecule has 1 aliphatic rings. The maximum atomic E-state index is 4.66. The average molecular weight is 263 g/mol. The van der Waals surface area contributed by atoms with Crippen LogP contribution in [0.4, 0.5) is 0 Å². The Morgan fingerprint density at radius 3 is 2.84 bits per heavy atom. The number of hydrogen-bond acceptors (Lipinski definition) is 2. The fourth-order valence-corrected chi connectivity index (χ4v) is 3.49. The zero-order chi connectivity index (χ0) is 13.9. The van der Waals surface area contributed by atoms with Crippen LogP contribution in [-0.2, 0) is 7.05 Å². The molecular weight excluding hydrogens is 234 g/mol. The number of aromatic nitrogens is 2. The molecule has 3 heteroatoms. The fourth-order valence-electron chi connectivity index (χ4n) is 3.49. The largest absolute Gasteiger partial charge is 0.308 e. The lowest BCUT2D eigenvalue weighted by Gasteiger charge is -2.43. The van der Waals surface area contributed by atoms with E-state index in [2.05, 4.69) is 43.4 Å². The first-order chi connectivity index (χ1) is 9.04. The zero-order valence-corrected chi connectivity index (χ0v) is 12.9. The van der Waals surface area contributed by atoms with Gasteiger partial charge < -0.3 is 5.32 Å². The number of hydrogen-bond donors (Lipinski definition) is 1. The van der Waals surface area contributed by atoms with Crippen LogP contribution in [0.2, 0.25) is 0 Å². The normalized spacial score (nSPS) is 24.3. The summed E-state index contributed by atoms with van der Waals surface area (Å²) < 4.78 is 1.92. The molecule has 1 aromatic rings. The van der Waals surface area contributed by atoms with E-state index in [1.807, 2.05) is 11.7 Å². The number of rotatable bonds is 5. The van der Waals surface area contributed by atoms with Gasteiger partial charge in [0.25, 0.3) is 0 Å². The summed E-state index contributed by atoms with van der Waals surface area (Å²) in [5.41, 5.74) is 1.64. The van der Waals surface area contributed by atoms with Crippen LogP contribution in [0.5, 0.6) is 0 Å². The molecule has 1 heterocycles. The van der Waals surface area contributed by atoms with Crippen molar-refractivity contribution in [2.24, 2.45) is 18.4 Å². The zero-order valence-electron chi connectivity index (χ0n) is 12.9. The molecule has 0 saturated heterocycles. The van der Waals surface area contributed by atoms with Crippen LogP contribution < -0.4 is 5.32 Å². The molecule has 2 atom stereocenters. The molecule has 2 rings (SSSR count). The highest BCUT2D eigenvalue weighted by Gasteiger charge is 2.38. The van der Waals surface area contributed by atoms with E-state index in [4.69, 9.17) is 0 Å². The van der Waals surface area contributed by atoms with Gasteiger partial charge in [-0.2, -0.15) is 5.10 Å². The molecule has 0 spiro atoms. The predicted molar refractivity (Wildman–Crippen MR) is 80.0 cm³/mol. The second kappa shape index (κ2) is 6.08. The molecule has 0 bridgehead atoms. The van der Waals surface area contributed by atoms with E-state index >= 15 is 0 Å². The second-order valence-corrected chi connectivity index (χ2v) is 6.69. The predicted octanol–water partition coefficient (Wildman–Crippen LogP) is 3.68. The first-order valence-corrected chi connectivity index (χ1v) is 7.77. The summed E-state index contributed by atoms with van der Waals surface area (Å²) in [5, 5.41) is 8.41. The maximum absolute atomic E-state index is 4.66. The van der Waals surface area contributed by atoms with Crippen molar-refractivity contribution in [2.45, 2.75) is 58.9 Å². The fraction of sp³-hybridized carbons (Fsp3) is 0.812. The summed E-state index contributed by atoms with van der Waals surface area (Å²) in [7, 11) is 2.01. The van der Waals surface area contributed by atoms with Crippen molar-refractivity contribution in [3.63, 3.8) is 0 Å². The molecule has 1 aliphatic carbocycles. The van der Waals surface area contributed by atoms with Gasteiger partial charge in [0.05, 0.1) is 11.7 Å². The van der Waals surface area contributed by atoms with Gasteiger partial charge in [0.15, 0.2) is 0 Å². The highest BCUT2D eigenvalue weighted by atomic mass is 15.3. The van der Waals surface area contributed by atoms with Gasteiger partial charge in [-0.15, -0.1) is 0 Å². The van der Waals surface area contributed by atoms with Gasteiger partial charge in [-0.25, -0.2) is 0 Å². The summed E-state index contributed by atoms with van der Waals surface area (Å²) in [5.74, 6) is 0.697. The van der Waals surface area contributed by atoms with E-state index in [-0.39, 0.29) is 0 Å². The van der Waals surface area contributed by atoms with Crippen molar-refractivity contribution in [1.29, 1.82) is 0 Å². The quantitative estimate of drug-likeness (QED) is 0.878. The SMILES string of the molecule is CCCNC(c1ccn(C)n1)C1CCCCC1(C)C. The first kappa shape index (κ1) is 14.6. The van der Waals surface area contributed by atoms with Crippen LogP contribution in [-0.4, -0.2) is 16.3 Å². The third kappa shape index (κ3) is 3.38. The Kier molecular flexibility index (Phi) is 4.67. The molecule has 0 aromatic carbocycles. The minimum Gasteiger partial charge on any atom is -0.308 e. The summed E-state index contributed by atoms with van der Waals surface area (Å²) in [6.45, 7) is 8.17. The van der Waals surface area contributed by atoms with Gasteiger partial charge in [-0.05, 0) is 43.2 Å². The lowest BCUT2D eigenvalue weighted by Crippen LogP contribution is -2.39. The third-order valence-electron chi connectivity index (χ3n) is 4.66. The molecule has 0 radical (unpaired) electrons. The van der Waals surface area contributed by atoms with Crippen LogP contribution >= 0.6 is 0 Å². The molecule has 1 aromatic heterocycles. The van der Waals surface area contributed by atoms with Gasteiger partial charge in [0.1, 0.15) is 0 Å². The third-order valence-corrected chi connectivity index (χ3v) is 4.66. The topological polar surface area (TPSA) is 29.9 Å². The Balaban J connectivity index is 2.21. The molecule has 0 aliphatic heterocycles. The highest BCUT2D eigenvalue weighted by Crippen LogP contribution is 2.46. The summed E-state index contributed by atoms with van der Waals surface area (Å²) in [6, 6.07) is 2.59. The summed E-state index contributed by atoms with van der Waals surface area (Å²) in [6.07, 6.45) is 8.65. The van der Waals surface area contributed by atoms with E-state index < -0.39 is 0 Å². The molecule has 2 unspecified atom stereocenters. The highest BCUT2D eigenvalue weighted by molar-refractivity contribution is 5.09. The van der Waals surface area contributed by atoms with Crippen molar-refractivity contribution in [2.75, 3.05) is 6.54 Å². The van der Waals surface area contributed by atoms with Gasteiger partial charge >= 0.3 is 0 Å². The second-order valence-electron chi connectivity index (χ2n) is 6.69. The minimum absolute atomic E-state index is 0.413. The Bertz CT molecular complexity index is 394. The van der Waals surface area contributed by atoms with E-state index in [1.54, 1.807) is 0 Å². The Hall–Kier alpha value is -0.830. The van der Waals surface area contributed by atoms with E-state index in [9.17, 15) is 0 Å². The average Bonchev–Trinajstić information content (AvgIpc) is 2.78. The molecule has 1 saturated carbocycles. The van der Waals surface area contributed by atoms with Crippen molar-refractivity contribution >= 4 is 0 Å². The lowest BCUT2D eigenvalue weighted by atomic mass is 9.65. The van der Waals surface area contributed by atoms with Crippen molar-refractivity contribution < 1.29 is 0 Å². The van der Waals surface area contributed by atoms with E-state index in [0.717, 1.165) is 6.54 Å². The molecule has 19 heavy (non-hydrogen) atoms. The smallest absolute Gasteiger partial charge is 0.0796 e. The molecule has 1 fully saturated rings. The first-order valence-electron chi connectivity index (χ1n) is 7.77. The van der Waals surface area contributed by atoms with Crippen molar-refractivity contribution in [3.05, 3.63) is 18.0 Å². The molecular formula is C16H29N3. The van der Waals surface area contributed by atoms with Crippen molar-refractivity contribution in [3.8, 4) is 0 Å². The van der Waals surface area contributed by atoms with Crippen LogP contribution in [0.1, 0.15) is 64.6 Å². The minimum atomic E-state index is 0.413. The van der Waals surface area contributed by atoms with Gasteiger partial charge in [0, 0.05) is 13.2 Å². The van der Waals surface area contributed by atoms with Gasteiger partial charge in [-0.1, -0.05) is 33.6 Å². The van der Waals surface area contributed by atoms with E-state index in [0.29, 0.717) is 17.4 Å². The number of nitrogens with one attached hydrogen (secondary N) is 1. The monoisotopic (exact) mass is 263 g/mol. The number of nitrogens with zero attached hydrogens (tertiary/aromatic N) is 2. The van der Waals surface area contributed by atoms with Gasteiger partial charge in [0.2, 0.25) is 0 Å². The Morgan fingerprint density at radius 2 is 2.26 bits per heavy atom. The molecule has 1 N–H and O–H groups in total. The van der Waals surface area contributed by atoms with E-state index in [1.165, 1.54) is 37.8 Å². The maximum Gasteiger partial charge on any atom is 0.0796 e. The Morgan fingerprint density at radius 1 is 1.47 bits per heavy atom. The standard InChI is InChI=1S/C16H29N3/c1-5-11-17-15(14-9-12-19(4)18-14)13-8-6-7-10-16(13,2)3/h9,12-13,15,17H,5-8,10-11H2,1-4H3. The van der Waals surface area contributed by atoms with Crippen LogP contribution in [0.15, 0.2) is 12.3 Å². The number of aryl methyl sites for hydroxylation is 1. The Labute approximate surface area is 117 Å². The van der Waals surface area contributed by atoms with Gasteiger partial charge in [-0.3, -0.25) is 4.68 Å². The molecule has 0 amide bonds. The van der Waals surface area contributed by atoms with Crippen LogP contribution in [0, 0.1) is 11.3 Å². The summed E-state index contributed by atoms with van der Waals surface area (Å²) in [4.78, 5) is 0. The molecule has 3 nitrogen and oxygen atoms in total. The molecule has 108 valence electrons. The lowest BCUT2D eigenvalue weighted by molar-refractivity contribution is 0.0964. The van der Waals surface area contributed by atoms with Crippen LogP contribution in [0.25, 0.3) is 0 Å².